The minimum atomic E-state index is -0.397. The average molecular weight is 468 g/mol. The van der Waals surface area contributed by atoms with Gasteiger partial charge in [-0.05, 0) is 62.2 Å². The normalized spacial score (nSPS) is 10.9. The Labute approximate surface area is 195 Å². The van der Waals surface area contributed by atoms with E-state index in [1.165, 1.54) is 12.1 Å². The van der Waals surface area contributed by atoms with Crippen LogP contribution < -0.4 is 10.1 Å². The summed E-state index contributed by atoms with van der Waals surface area (Å²) < 4.78 is 26.7. The Morgan fingerprint density at radius 1 is 1.15 bits per heavy atom. The molecule has 8 heteroatoms. The van der Waals surface area contributed by atoms with Crippen molar-refractivity contribution < 1.29 is 18.3 Å². The van der Waals surface area contributed by atoms with E-state index in [4.69, 9.17) is 20.8 Å². The molecule has 170 valence electrons. The second kappa shape index (κ2) is 9.50. The van der Waals surface area contributed by atoms with Gasteiger partial charge in [-0.1, -0.05) is 35.9 Å². The monoisotopic (exact) mass is 467 g/mol. The van der Waals surface area contributed by atoms with E-state index in [-0.39, 0.29) is 18.2 Å². The maximum Gasteiger partial charge on any atom is 0.291 e. The van der Waals surface area contributed by atoms with Crippen LogP contribution in [0, 0.1) is 26.6 Å². The number of carbonyl (C=O) groups excluding carboxylic acids is 1. The van der Waals surface area contributed by atoms with Crippen LogP contribution in [0.1, 0.15) is 38.8 Å². The molecular formula is C25H23ClFN3O3. The van der Waals surface area contributed by atoms with Crippen molar-refractivity contribution in [2.75, 3.05) is 5.32 Å². The van der Waals surface area contributed by atoms with Gasteiger partial charge in [-0.25, -0.2) is 4.39 Å². The van der Waals surface area contributed by atoms with Gasteiger partial charge in [0, 0.05) is 0 Å². The first-order valence-corrected chi connectivity index (χ1v) is 10.8. The molecule has 0 bridgehead atoms. The van der Waals surface area contributed by atoms with E-state index in [2.05, 4.69) is 10.4 Å². The fraction of sp³-hybridized carbons (Fsp3) is 0.200. The number of amides is 1. The first-order chi connectivity index (χ1) is 15.8. The number of benzene rings is 2. The topological polar surface area (TPSA) is 69.3 Å². The molecule has 0 aliphatic rings. The number of aromatic nitrogens is 2. The smallest absolute Gasteiger partial charge is 0.291 e. The highest BCUT2D eigenvalue weighted by molar-refractivity contribution is 6.32. The highest BCUT2D eigenvalue weighted by Gasteiger charge is 2.18. The number of carbonyl (C=O) groups is 1. The molecule has 1 N–H and O–H groups in total. The third kappa shape index (κ3) is 5.09. The summed E-state index contributed by atoms with van der Waals surface area (Å²) in [5.74, 6) is 0.533. The van der Waals surface area contributed by atoms with Gasteiger partial charge >= 0.3 is 0 Å². The predicted molar refractivity (Wildman–Crippen MR) is 124 cm³/mol. The van der Waals surface area contributed by atoms with E-state index < -0.39 is 5.91 Å². The quantitative estimate of drug-likeness (QED) is 0.358. The number of hydrogen-bond acceptors (Lipinski definition) is 4. The van der Waals surface area contributed by atoms with E-state index in [0.29, 0.717) is 34.5 Å². The molecule has 4 aromatic rings. The van der Waals surface area contributed by atoms with Gasteiger partial charge < -0.3 is 14.5 Å². The molecule has 1 amide bonds. The molecule has 0 radical (unpaired) electrons. The summed E-state index contributed by atoms with van der Waals surface area (Å²) in [4.78, 5) is 12.8. The number of furan rings is 1. The van der Waals surface area contributed by atoms with Gasteiger partial charge in [-0.2, -0.15) is 5.10 Å². The number of rotatable bonds is 7. The van der Waals surface area contributed by atoms with Gasteiger partial charge in [-0.3, -0.25) is 9.48 Å². The minimum Gasteiger partial charge on any atom is -0.484 e. The van der Waals surface area contributed by atoms with Crippen molar-refractivity contribution in [3.8, 4) is 5.75 Å². The zero-order valence-electron chi connectivity index (χ0n) is 18.5. The molecular weight excluding hydrogens is 445 g/mol. The van der Waals surface area contributed by atoms with Crippen molar-refractivity contribution in [2.45, 2.75) is 33.9 Å². The standard InChI is InChI=1S/C25H23ClFN3O3/c1-15-6-4-9-21(26)24(15)32-14-20-10-11-22(33-20)25(31)28-23-16(2)29-30(17(23)3)13-18-7-5-8-19(27)12-18/h4-12H,13-14H2,1-3H3,(H,28,31). The van der Waals surface area contributed by atoms with Crippen LogP contribution in [0.2, 0.25) is 5.02 Å². The maximum atomic E-state index is 13.5. The first-order valence-electron chi connectivity index (χ1n) is 10.4. The van der Waals surface area contributed by atoms with Crippen LogP contribution in [0.4, 0.5) is 10.1 Å². The van der Waals surface area contributed by atoms with Crippen LogP contribution >= 0.6 is 11.6 Å². The Morgan fingerprint density at radius 3 is 2.70 bits per heavy atom. The Kier molecular flexibility index (Phi) is 6.51. The number of anilines is 1. The molecule has 2 heterocycles. The zero-order valence-corrected chi connectivity index (χ0v) is 19.2. The number of aryl methyl sites for hydroxylation is 2. The van der Waals surface area contributed by atoms with Gasteiger partial charge in [0.25, 0.3) is 5.91 Å². The van der Waals surface area contributed by atoms with E-state index in [0.717, 1.165) is 16.8 Å². The summed E-state index contributed by atoms with van der Waals surface area (Å²) in [6, 6.07) is 15.1. The summed E-state index contributed by atoms with van der Waals surface area (Å²) in [6.07, 6.45) is 0. The number of para-hydroxylation sites is 1. The van der Waals surface area contributed by atoms with Gasteiger partial charge in [0.2, 0.25) is 0 Å². The van der Waals surface area contributed by atoms with Crippen molar-refractivity contribution in [2.24, 2.45) is 0 Å². The minimum absolute atomic E-state index is 0.140. The van der Waals surface area contributed by atoms with Crippen LogP contribution in [0.15, 0.2) is 59.0 Å². The highest BCUT2D eigenvalue weighted by Crippen LogP contribution is 2.29. The van der Waals surface area contributed by atoms with Crippen molar-refractivity contribution in [3.63, 3.8) is 0 Å². The van der Waals surface area contributed by atoms with Crippen molar-refractivity contribution in [1.82, 2.24) is 9.78 Å². The molecule has 0 aliphatic heterocycles. The van der Waals surface area contributed by atoms with Gasteiger partial charge in [0.15, 0.2) is 5.76 Å². The lowest BCUT2D eigenvalue weighted by Crippen LogP contribution is -2.12. The number of halogens is 2. The van der Waals surface area contributed by atoms with E-state index >= 15 is 0 Å². The molecule has 0 aliphatic carbocycles. The van der Waals surface area contributed by atoms with Crippen LogP contribution in [0.25, 0.3) is 0 Å². The number of nitrogens with one attached hydrogen (secondary N) is 1. The number of ether oxygens (including phenoxy) is 1. The molecule has 0 spiro atoms. The molecule has 0 fully saturated rings. The van der Waals surface area contributed by atoms with Crippen LogP contribution in [0.5, 0.6) is 5.75 Å². The molecule has 2 aromatic carbocycles. The number of nitrogens with zero attached hydrogens (tertiary/aromatic N) is 2. The molecule has 2 aromatic heterocycles. The molecule has 4 rings (SSSR count). The lowest BCUT2D eigenvalue weighted by Gasteiger charge is -2.09. The third-order valence-corrected chi connectivity index (χ3v) is 5.55. The highest BCUT2D eigenvalue weighted by atomic mass is 35.5. The molecule has 0 saturated heterocycles. The average Bonchev–Trinajstić information content (AvgIpc) is 3.34. The van der Waals surface area contributed by atoms with Gasteiger partial charge in [0.1, 0.15) is 23.9 Å². The zero-order chi connectivity index (χ0) is 23.5. The summed E-state index contributed by atoms with van der Waals surface area (Å²) in [5.41, 5.74) is 3.70. The summed E-state index contributed by atoms with van der Waals surface area (Å²) in [5, 5.41) is 7.86. The maximum absolute atomic E-state index is 13.5. The molecule has 6 nitrogen and oxygen atoms in total. The fourth-order valence-corrected chi connectivity index (χ4v) is 3.81. The molecule has 0 saturated carbocycles. The Balaban J connectivity index is 1.44. The van der Waals surface area contributed by atoms with Gasteiger partial charge in [0.05, 0.1) is 28.6 Å². The predicted octanol–water partition coefficient (Wildman–Crippen LogP) is 6.07. The Bertz CT molecular complexity index is 1290. The van der Waals surface area contributed by atoms with Crippen molar-refractivity contribution in [1.29, 1.82) is 0 Å². The SMILES string of the molecule is Cc1cccc(Cl)c1OCc1ccc(C(=O)Nc2c(C)nn(Cc3cccc(F)c3)c2C)o1. The van der Waals surface area contributed by atoms with Crippen LogP contribution in [0.3, 0.4) is 0 Å². The number of hydrogen-bond donors (Lipinski definition) is 1. The fourth-order valence-electron chi connectivity index (χ4n) is 3.54. The summed E-state index contributed by atoms with van der Waals surface area (Å²) in [6.45, 7) is 6.09. The van der Waals surface area contributed by atoms with Gasteiger partial charge in [-0.15, -0.1) is 0 Å². The Morgan fingerprint density at radius 2 is 1.94 bits per heavy atom. The van der Waals surface area contributed by atoms with Crippen LogP contribution in [-0.4, -0.2) is 15.7 Å². The lowest BCUT2D eigenvalue weighted by molar-refractivity contribution is 0.0992. The lowest BCUT2D eigenvalue weighted by atomic mass is 10.2. The second-order valence-electron chi connectivity index (χ2n) is 7.73. The Hall–Kier alpha value is -3.58. The van der Waals surface area contributed by atoms with E-state index in [1.807, 2.05) is 32.0 Å². The third-order valence-electron chi connectivity index (χ3n) is 5.25. The van der Waals surface area contributed by atoms with Crippen molar-refractivity contribution in [3.05, 3.63) is 99.5 Å². The molecule has 0 unspecified atom stereocenters. The summed E-state index contributed by atoms with van der Waals surface area (Å²) in [7, 11) is 0. The molecule has 33 heavy (non-hydrogen) atoms. The first kappa shape index (κ1) is 22.6. The summed E-state index contributed by atoms with van der Waals surface area (Å²) >= 11 is 6.19. The largest absolute Gasteiger partial charge is 0.484 e. The van der Waals surface area contributed by atoms with E-state index in [1.54, 1.807) is 35.9 Å². The second-order valence-corrected chi connectivity index (χ2v) is 8.14. The van der Waals surface area contributed by atoms with E-state index in [9.17, 15) is 9.18 Å². The van der Waals surface area contributed by atoms with Crippen LogP contribution in [-0.2, 0) is 13.2 Å². The van der Waals surface area contributed by atoms with Crippen molar-refractivity contribution >= 4 is 23.2 Å². The molecule has 0 atom stereocenters.